The van der Waals surface area contributed by atoms with Gasteiger partial charge in [0.25, 0.3) is 0 Å². The van der Waals surface area contributed by atoms with Crippen LogP contribution in [0.3, 0.4) is 0 Å². The van der Waals surface area contributed by atoms with E-state index in [1.54, 1.807) is 17.0 Å². The highest BCUT2D eigenvalue weighted by atomic mass is 32.2. The number of halogens is 3. The first kappa shape index (κ1) is 40.4. The monoisotopic (exact) mass is 740 g/mol. The van der Waals surface area contributed by atoms with Crippen LogP contribution >= 0.6 is 0 Å². The number of carbonyl (C=O) groups excluding carboxylic acids is 3. The molecule has 2 aromatic carbocycles. The van der Waals surface area contributed by atoms with Crippen LogP contribution in [0.5, 0.6) is 5.75 Å². The SMILES string of the molecule is COC(=O)c1cc(C)cc(C2=CCCN(C(=O)OC(C)(C)C)C2)c1.COC(=O)c1cc(OS(=O)(=O)C(F)(F)F)cc(C2=CCCN(C(=O)O)C2)c1. The molecule has 0 spiro atoms. The molecule has 4 rings (SSSR count). The molecular formula is C34H39F3N2O11S. The van der Waals surface area contributed by atoms with Crippen molar-refractivity contribution in [1.29, 1.82) is 0 Å². The molecule has 17 heteroatoms. The van der Waals surface area contributed by atoms with Crippen LogP contribution in [0.1, 0.15) is 71.0 Å². The zero-order valence-corrected chi connectivity index (χ0v) is 29.6. The largest absolute Gasteiger partial charge is 0.534 e. The van der Waals surface area contributed by atoms with Crippen LogP contribution in [0.4, 0.5) is 22.8 Å². The summed E-state index contributed by atoms with van der Waals surface area (Å²) in [6, 6.07) is 8.63. The molecule has 278 valence electrons. The zero-order chi connectivity index (χ0) is 38.3. The normalized spacial score (nSPS) is 15.0. The lowest BCUT2D eigenvalue weighted by Gasteiger charge is -2.30. The third-order valence-electron chi connectivity index (χ3n) is 7.28. The molecular weight excluding hydrogens is 701 g/mol. The smallest absolute Gasteiger partial charge is 0.465 e. The standard InChI is InChI=1S/C19H25NO4.C15H14F3NO7S/c1-13-9-15(11-16(10-13)17(21)23-5)14-7-6-8-20(12-14)18(22)24-19(2,3)4;1-25-13(20)11-5-10(9-3-2-4-19(8-9)14(21)22)6-12(7-11)26-27(23,24)15(16,17)18/h7,9-11H,6,8,12H2,1-5H3;3,5-7H,2,4,8H2,1H3,(H,21,22). The molecule has 2 aliphatic rings. The fourth-order valence-corrected chi connectivity index (χ4v) is 5.44. The van der Waals surface area contributed by atoms with Crippen molar-refractivity contribution in [2.24, 2.45) is 0 Å². The number of esters is 2. The number of alkyl halides is 3. The van der Waals surface area contributed by atoms with Gasteiger partial charge in [0, 0.05) is 26.2 Å². The van der Waals surface area contributed by atoms with Crippen LogP contribution in [-0.4, -0.2) is 99.0 Å². The maximum Gasteiger partial charge on any atom is 0.534 e. The van der Waals surface area contributed by atoms with Gasteiger partial charge >= 0.3 is 39.8 Å². The second-order valence-electron chi connectivity index (χ2n) is 12.4. The second-order valence-corrected chi connectivity index (χ2v) is 14.0. The van der Waals surface area contributed by atoms with Gasteiger partial charge < -0.3 is 33.3 Å². The first-order valence-electron chi connectivity index (χ1n) is 15.4. The summed E-state index contributed by atoms with van der Waals surface area (Å²) < 4.78 is 79.0. The minimum atomic E-state index is -5.95. The number of benzene rings is 2. The van der Waals surface area contributed by atoms with E-state index in [1.165, 1.54) is 13.2 Å². The molecule has 0 atom stereocenters. The Morgan fingerprint density at radius 1 is 0.765 bits per heavy atom. The second kappa shape index (κ2) is 16.3. The number of ether oxygens (including phenoxy) is 3. The number of amides is 2. The lowest BCUT2D eigenvalue weighted by molar-refractivity contribution is -0.0500. The first-order valence-corrected chi connectivity index (χ1v) is 16.8. The summed E-state index contributed by atoms with van der Waals surface area (Å²) in [5.41, 5.74) is -2.47. The van der Waals surface area contributed by atoms with E-state index >= 15 is 0 Å². The van der Waals surface area contributed by atoms with E-state index < -0.39 is 39.0 Å². The molecule has 2 aromatic rings. The van der Waals surface area contributed by atoms with E-state index in [0.717, 1.165) is 47.3 Å². The topological polar surface area (TPSA) is 166 Å². The lowest BCUT2D eigenvalue weighted by Crippen LogP contribution is -2.39. The van der Waals surface area contributed by atoms with Gasteiger partial charge in [0.05, 0.1) is 25.3 Å². The minimum Gasteiger partial charge on any atom is -0.465 e. The number of nitrogens with zero attached hydrogens (tertiary/aromatic N) is 2. The number of carboxylic acid groups (broad SMARTS) is 1. The van der Waals surface area contributed by atoms with Crippen LogP contribution in [-0.2, 0) is 24.3 Å². The van der Waals surface area contributed by atoms with Crippen molar-refractivity contribution in [3.05, 3.63) is 76.4 Å². The Morgan fingerprint density at radius 2 is 1.25 bits per heavy atom. The van der Waals surface area contributed by atoms with Gasteiger partial charge in [-0.15, -0.1) is 0 Å². The molecule has 0 aliphatic carbocycles. The molecule has 2 aliphatic heterocycles. The Hall–Kier alpha value is -5.06. The molecule has 2 heterocycles. The summed E-state index contributed by atoms with van der Waals surface area (Å²) in [5, 5.41) is 9.08. The molecule has 0 unspecified atom stereocenters. The van der Waals surface area contributed by atoms with Gasteiger partial charge in [-0.1, -0.05) is 18.2 Å². The summed E-state index contributed by atoms with van der Waals surface area (Å²) in [7, 11) is -3.54. The Balaban J connectivity index is 0.000000277. The molecule has 0 saturated carbocycles. The fourth-order valence-electron chi connectivity index (χ4n) is 5.00. The van der Waals surface area contributed by atoms with E-state index in [1.807, 2.05) is 39.8 Å². The van der Waals surface area contributed by atoms with Gasteiger partial charge in [-0.3, -0.25) is 0 Å². The van der Waals surface area contributed by atoms with Crippen molar-refractivity contribution < 1.29 is 64.3 Å². The molecule has 0 saturated heterocycles. The number of rotatable bonds is 6. The van der Waals surface area contributed by atoms with Gasteiger partial charge in [-0.25, -0.2) is 19.2 Å². The van der Waals surface area contributed by atoms with Crippen LogP contribution < -0.4 is 4.18 Å². The molecule has 0 bridgehead atoms. The van der Waals surface area contributed by atoms with Gasteiger partial charge in [0.2, 0.25) is 0 Å². The number of hydrogen-bond acceptors (Lipinski definition) is 10. The van der Waals surface area contributed by atoms with Crippen molar-refractivity contribution in [1.82, 2.24) is 9.80 Å². The van der Waals surface area contributed by atoms with Crippen molar-refractivity contribution in [3.63, 3.8) is 0 Å². The average molecular weight is 741 g/mol. The maximum atomic E-state index is 12.6. The molecule has 0 fully saturated rings. The number of carbonyl (C=O) groups is 4. The van der Waals surface area contributed by atoms with Crippen molar-refractivity contribution in [2.75, 3.05) is 40.4 Å². The highest BCUT2D eigenvalue weighted by Gasteiger charge is 2.48. The van der Waals surface area contributed by atoms with Gasteiger partial charge in [0.1, 0.15) is 11.4 Å². The van der Waals surface area contributed by atoms with Crippen LogP contribution in [0, 0.1) is 6.92 Å². The predicted octanol–water partition coefficient (Wildman–Crippen LogP) is 6.27. The molecule has 2 amide bonds. The van der Waals surface area contributed by atoms with Crippen LogP contribution in [0.25, 0.3) is 11.1 Å². The maximum absolute atomic E-state index is 12.6. The van der Waals surface area contributed by atoms with E-state index in [2.05, 4.69) is 15.0 Å². The fraction of sp³-hybridized carbons (Fsp3) is 0.412. The quantitative estimate of drug-likeness (QED) is 0.153. The van der Waals surface area contributed by atoms with Gasteiger partial charge in [-0.05, 0) is 98.7 Å². The first-order chi connectivity index (χ1) is 23.6. The highest BCUT2D eigenvalue weighted by molar-refractivity contribution is 7.88. The van der Waals surface area contributed by atoms with E-state index in [0.29, 0.717) is 30.6 Å². The molecule has 0 radical (unpaired) electrons. The Morgan fingerprint density at radius 3 is 1.75 bits per heavy atom. The summed E-state index contributed by atoms with van der Waals surface area (Å²) in [6.07, 6.45) is 3.33. The third-order valence-corrected chi connectivity index (χ3v) is 8.26. The Labute approximate surface area is 293 Å². The predicted molar refractivity (Wildman–Crippen MR) is 178 cm³/mol. The zero-order valence-electron chi connectivity index (χ0n) is 28.8. The van der Waals surface area contributed by atoms with Gasteiger partial charge in [-0.2, -0.15) is 21.6 Å². The minimum absolute atomic E-state index is 0.0918. The van der Waals surface area contributed by atoms with E-state index in [4.69, 9.17) is 14.6 Å². The summed E-state index contributed by atoms with van der Waals surface area (Å²) in [4.78, 5) is 49.7. The van der Waals surface area contributed by atoms with Crippen molar-refractivity contribution in [3.8, 4) is 5.75 Å². The number of methoxy groups -OCH3 is 2. The molecule has 51 heavy (non-hydrogen) atoms. The van der Waals surface area contributed by atoms with E-state index in [-0.39, 0.29) is 36.3 Å². The third kappa shape index (κ3) is 11.2. The highest BCUT2D eigenvalue weighted by Crippen LogP contribution is 2.31. The van der Waals surface area contributed by atoms with Crippen LogP contribution in [0.2, 0.25) is 0 Å². The van der Waals surface area contributed by atoms with Crippen molar-refractivity contribution >= 4 is 45.4 Å². The molecule has 0 aromatic heterocycles. The number of hydrogen-bond donors (Lipinski definition) is 1. The average Bonchev–Trinajstić information content (AvgIpc) is 3.06. The summed E-state index contributed by atoms with van der Waals surface area (Å²) in [6.45, 7) is 8.74. The summed E-state index contributed by atoms with van der Waals surface area (Å²) >= 11 is 0. The van der Waals surface area contributed by atoms with Crippen LogP contribution in [0.15, 0.2) is 48.6 Å². The number of aryl methyl sites for hydroxylation is 1. The lowest BCUT2D eigenvalue weighted by atomic mass is 9.97. The molecule has 1 N–H and O–H groups in total. The Bertz CT molecular complexity index is 1830. The van der Waals surface area contributed by atoms with Crippen molar-refractivity contribution in [2.45, 2.75) is 51.6 Å². The Kier molecular flexibility index (Phi) is 12.9. The summed E-state index contributed by atoms with van der Waals surface area (Å²) in [5.74, 6) is -2.04. The molecule has 13 nitrogen and oxygen atoms in total. The van der Waals surface area contributed by atoms with Gasteiger partial charge in [0.15, 0.2) is 0 Å². The van der Waals surface area contributed by atoms with E-state index in [9.17, 15) is 40.8 Å².